The summed E-state index contributed by atoms with van der Waals surface area (Å²) in [6, 6.07) is 0. The fourth-order valence-corrected chi connectivity index (χ4v) is 8.18. The van der Waals surface area contributed by atoms with Gasteiger partial charge in [-0.15, -0.1) is 0 Å². The fourth-order valence-electron chi connectivity index (χ4n) is 8.18. The Morgan fingerprint density at radius 1 is 1.16 bits per heavy atom. The van der Waals surface area contributed by atoms with Crippen LogP contribution in [0.15, 0.2) is 23.8 Å². The molecular formula is C29H39FO7. The molecule has 8 atom stereocenters. The van der Waals surface area contributed by atoms with Crippen molar-refractivity contribution in [1.82, 2.24) is 0 Å². The second-order valence-corrected chi connectivity index (χ2v) is 11.8. The van der Waals surface area contributed by atoms with Crippen LogP contribution < -0.4 is 0 Å². The van der Waals surface area contributed by atoms with Crippen LogP contribution in [0.3, 0.4) is 0 Å². The van der Waals surface area contributed by atoms with Gasteiger partial charge in [0.15, 0.2) is 23.7 Å². The first-order chi connectivity index (χ1) is 17.3. The van der Waals surface area contributed by atoms with Crippen molar-refractivity contribution >= 4 is 23.5 Å². The quantitative estimate of drug-likeness (QED) is 0.503. The number of hydrogen-bond donors (Lipinski definition) is 1. The van der Waals surface area contributed by atoms with E-state index in [1.807, 2.05) is 20.8 Å². The molecule has 0 spiro atoms. The van der Waals surface area contributed by atoms with Crippen molar-refractivity contribution in [3.8, 4) is 0 Å². The first-order valence-corrected chi connectivity index (χ1v) is 13.5. The number of alkyl halides is 1. The lowest BCUT2D eigenvalue weighted by molar-refractivity contribution is -0.228. The Bertz CT molecular complexity index is 1060. The summed E-state index contributed by atoms with van der Waals surface area (Å²) in [6.07, 6.45) is 4.97. The number of ketones is 2. The zero-order valence-electron chi connectivity index (χ0n) is 22.5. The molecule has 0 aromatic rings. The molecule has 7 nitrogen and oxygen atoms in total. The van der Waals surface area contributed by atoms with E-state index in [1.54, 1.807) is 19.9 Å². The summed E-state index contributed by atoms with van der Waals surface area (Å²) >= 11 is 0. The SMILES string of the molecule is CCCC(=O)OCC(=O)[C@]1(OC(=O)CC)C(C)C[C@H]2[C@@H]3CCC4=CC(=O)C=C[C@]4(C)[C@@]3(F)C(O)C[C@@]21C. The van der Waals surface area contributed by atoms with Gasteiger partial charge in [-0.1, -0.05) is 39.3 Å². The van der Waals surface area contributed by atoms with Crippen molar-refractivity contribution in [1.29, 1.82) is 0 Å². The smallest absolute Gasteiger partial charge is 0.306 e. The predicted molar refractivity (Wildman–Crippen MR) is 133 cm³/mol. The number of ether oxygens (including phenoxy) is 2. The van der Waals surface area contributed by atoms with Crippen LogP contribution in [0.1, 0.15) is 79.6 Å². The number of Topliss-reactive ketones (excluding diaryl/α,β-unsaturated/α-hetero) is 1. The Hall–Kier alpha value is -2.35. The lowest BCUT2D eigenvalue weighted by Gasteiger charge is -2.62. The maximum Gasteiger partial charge on any atom is 0.306 e. The Morgan fingerprint density at radius 3 is 2.51 bits per heavy atom. The number of aliphatic hydroxyl groups excluding tert-OH is 1. The van der Waals surface area contributed by atoms with Gasteiger partial charge < -0.3 is 14.6 Å². The first-order valence-electron chi connectivity index (χ1n) is 13.5. The Balaban J connectivity index is 1.77. The van der Waals surface area contributed by atoms with Gasteiger partial charge in [0.25, 0.3) is 0 Å². The normalized spacial score (nSPS) is 42.2. The summed E-state index contributed by atoms with van der Waals surface area (Å²) in [5, 5.41) is 11.6. The molecule has 0 aliphatic heterocycles. The third kappa shape index (κ3) is 3.76. The molecule has 0 amide bonds. The van der Waals surface area contributed by atoms with Crippen molar-refractivity contribution in [2.75, 3.05) is 6.61 Å². The van der Waals surface area contributed by atoms with Crippen molar-refractivity contribution in [3.63, 3.8) is 0 Å². The minimum absolute atomic E-state index is 0.0438. The van der Waals surface area contributed by atoms with Gasteiger partial charge in [0.2, 0.25) is 5.78 Å². The van der Waals surface area contributed by atoms with Crippen molar-refractivity contribution in [3.05, 3.63) is 23.8 Å². The van der Waals surface area contributed by atoms with Crippen molar-refractivity contribution in [2.45, 2.75) is 96.9 Å². The van der Waals surface area contributed by atoms with E-state index in [9.17, 15) is 24.3 Å². The highest BCUT2D eigenvalue weighted by molar-refractivity contribution is 6.01. The highest BCUT2D eigenvalue weighted by atomic mass is 19.1. The summed E-state index contributed by atoms with van der Waals surface area (Å²) in [5.74, 6) is -3.26. The molecule has 204 valence electrons. The third-order valence-electron chi connectivity index (χ3n) is 9.98. The molecule has 0 aromatic heterocycles. The average Bonchev–Trinajstić information content (AvgIpc) is 3.06. The van der Waals surface area contributed by atoms with Crippen molar-refractivity contribution < 1.29 is 38.1 Å². The molecule has 0 bridgehead atoms. The highest BCUT2D eigenvalue weighted by Crippen LogP contribution is 2.71. The average molecular weight is 519 g/mol. The summed E-state index contributed by atoms with van der Waals surface area (Å²) in [6.45, 7) is 8.29. The number of esters is 2. The number of aliphatic hydroxyl groups is 1. The van der Waals surface area contributed by atoms with E-state index in [-0.39, 0.29) is 31.0 Å². The van der Waals surface area contributed by atoms with Gasteiger partial charge in [-0.2, -0.15) is 0 Å². The molecular weight excluding hydrogens is 479 g/mol. The number of fused-ring (bicyclic) bond motifs is 5. The molecule has 8 heteroatoms. The second kappa shape index (κ2) is 9.44. The Labute approximate surface area is 217 Å². The zero-order chi connectivity index (χ0) is 27.4. The molecule has 0 heterocycles. The van der Waals surface area contributed by atoms with Gasteiger partial charge in [0, 0.05) is 35.5 Å². The third-order valence-corrected chi connectivity index (χ3v) is 9.98. The van der Waals surface area contributed by atoms with E-state index in [1.165, 1.54) is 12.2 Å². The summed E-state index contributed by atoms with van der Waals surface area (Å²) in [5.41, 5.74) is -5.26. The molecule has 0 radical (unpaired) electrons. The number of hydrogen-bond acceptors (Lipinski definition) is 7. The first kappa shape index (κ1) is 27.7. The topological polar surface area (TPSA) is 107 Å². The molecule has 37 heavy (non-hydrogen) atoms. The lowest BCUT2D eigenvalue weighted by Crippen LogP contribution is -2.70. The molecule has 2 unspecified atom stereocenters. The van der Waals surface area contributed by atoms with Crippen LogP contribution in [0, 0.1) is 28.6 Å². The van der Waals surface area contributed by atoms with Gasteiger partial charge >= 0.3 is 11.9 Å². The van der Waals surface area contributed by atoms with Crippen molar-refractivity contribution in [2.24, 2.45) is 28.6 Å². The summed E-state index contributed by atoms with van der Waals surface area (Å²) in [4.78, 5) is 50.7. The number of allylic oxidation sites excluding steroid dienone is 4. The standard InChI is InChI=1S/C29H39FO7/c1-6-8-25(35)36-16-23(33)29(37-24(34)7-2)17(3)13-21-20-10-9-18-14-19(31)11-12-26(18,4)28(20,30)22(32)15-27(21,29)5/h11-12,14,17,20-22,32H,6-10,13,15-16H2,1-5H3/t17?,20-,21-,22?,26-,27-,28-,29+/m0/s1. The molecule has 4 aliphatic rings. The van der Waals surface area contributed by atoms with E-state index in [4.69, 9.17) is 9.47 Å². The van der Waals surface area contributed by atoms with Crippen LogP contribution in [0.5, 0.6) is 0 Å². The number of carbonyl (C=O) groups excluding carboxylic acids is 4. The summed E-state index contributed by atoms with van der Waals surface area (Å²) < 4.78 is 28.7. The molecule has 1 N–H and O–H groups in total. The van der Waals surface area contributed by atoms with Crippen LogP contribution in [0.4, 0.5) is 4.39 Å². The highest BCUT2D eigenvalue weighted by Gasteiger charge is 2.77. The van der Waals surface area contributed by atoms with Crippen LogP contribution in [0.2, 0.25) is 0 Å². The van der Waals surface area contributed by atoms with E-state index >= 15 is 4.39 Å². The molecule has 3 fully saturated rings. The Kier molecular flexibility index (Phi) is 7.06. The molecule has 3 saturated carbocycles. The van der Waals surface area contributed by atoms with E-state index in [0.717, 1.165) is 0 Å². The van der Waals surface area contributed by atoms with Gasteiger partial charge in [0.1, 0.15) is 0 Å². The maximum atomic E-state index is 17.4. The maximum absolute atomic E-state index is 17.4. The fraction of sp³-hybridized carbons (Fsp3) is 0.724. The van der Waals surface area contributed by atoms with Gasteiger partial charge in [-0.3, -0.25) is 19.2 Å². The zero-order valence-corrected chi connectivity index (χ0v) is 22.5. The minimum Gasteiger partial charge on any atom is -0.457 e. The second-order valence-electron chi connectivity index (χ2n) is 11.8. The number of rotatable bonds is 7. The van der Waals surface area contributed by atoms with Gasteiger partial charge in [-0.05, 0) is 57.1 Å². The van der Waals surface area contributed by atoms with Gasteiger partial charge in [-0.25, -0.2) is 4.39 Å². The molecule has 0 aromatic carbocycles. The molecule has 4 rings (SSSR count). The van der Waals surface area contributed by atoms with Crippen LogP contribution in [-0.4, -0.2) is 52.6 Å². The van der Waals surface area contributed by atoms with E-state index in [2.05, 4.69) is 0 Å². The summed E-state index contributed by atoms with van der Waals surface area (Å²) in [7, 11) is 0. The predicted octanol–water partition coefficient (Wildman–Crippen LogP) is 4.21. The molecule has 4 aliphatic carbocycles. The Morgan fingerprint density at radius 2 is 1.86 bits per heavy atom. The largest absolute Gasteiger partial charge is 0.457 e. The monoisotopic (exact) mass is 518 g/mol. The van der Waals surface area contributed by atoms with Gasteiger partial charge in [0.05, 0.1) is 6.10 Å². The number of carbonyl (C=O) groups is 4. The van der Waals surface area contributed by atoms with E-state index in [0.29, 0.717) is 31.3 Å². The molecule has 0 saturated heterocycles. The minimum atomic E-state index is -2.06. The number of halogens is 1. The lowest BCUT2D eigenvalue weighted by atomic mass is 9.44. The van der Waals surface area contributed by atoms with Crippen LogP contribution in [0.25, 0.3) is 0 Å². The van der Waals surface area contributed by atoms with Crippen LogP contribution >= 0.6 is 0 Å². The van der Waals surface area contributed by atoms with E-state index < -0.39 is 64.4 Å². The van der Waals surface area contributed by atoms with Crippen LogP contribution in [-0.2, 0) is 28.7 Å².